The molecule has 38 heavy (non-hydrogen) atoms. The summed E-state index contributed by atoms with van der Waals surface area (Å²) in [7, 11) is 0. The molecule has 0 N–H and O–H groups in total. The van der Waals surface area contributed by atoms with Crippen LogP contribution in [-0.2, 0) is 5.41 Å². The highest BCUT2D eigenvalue weighted by atomic mass is 79.9. The van der Waals surface area contributed by atoms with Crippen LogP contribution in [0.4, 0.5) is 0 Å². The zero-order valence-electron chi connectivity index (χ0n) is 22.5. The lowest BCUT2D eigenvalue weighted by Gasteiger charge is -2.47. The van der Waals surface area contributed by atoms with Gasteiger partial charge in [0, 0.05) is 10.4 Å². The van der Waals surface area contributed by atoms with Crippen LogP contribution in [0, 0.1) is 5.92 Å². The molecule has 2 bridgehead atoms. The summed E-state index contributed by atoms with van der Waals surface area (Å²) < 4.78 is 1.18. The van der Waals surface area contributed by atoms with Crippen molar-refractivity contribution in [2.24, 2.45) is 5.92 Å². The molecule has 0 saturated heterocycles. The molecular weight excluding hydrogens is 524 g/mol. The third-order valence-electron chi connectivity index (χ3n) is 10.1. The molecule has 1 heteroatoms. The minimum atomic E-state index is 0.468. The summed E-state index contributed by atoms with van der Waals surface area (Å²) >= 11 is 3.71. The second kappa shape index (κ2) is 9.83. The van der Waals surface area contributed by atoms with Crippen LogP contribution in [0.25, 0.3) is 33.4 Å². The van der Waals surface area contributed by atoms with Crippen molar-refractivity contribution < 1.29 is 0 Å². The van der Waals surface area contributed by atoms with Gasteiger partial charge in [0.05, 0.1) is 0 Å². The van der Waals surface area contributed by atoms with E-state index in [2.05, 4.69) is 108 Å². The average molecular weight is 562 g/mol. The monoisotopic (exact) mass is 560 g/mol. The minimum absolute atomic E-state index is 0.468. The first-order valence-corrected chi connectivity index (χ1v) is 15.6. The molecule has 0 aromatic heterocycles. The fourth-order valence-electron chi connectivity index (χ4n) is 7.78. The summed E-state index contributed by atoms with van der Waals surface area (Å²) in [5.74, 6) is 1.51. The van der Waals surface area contributed by atoms with Crippen LogP contribution in [-0.4, -0.2) is 0 Å². The van der Waals surface area contributed by atoms with E-state index in [1.54, 1.807) is 5.56 Å². The van der Waals surface area contributed by atoms with Gasteiger partial charge in [0.2, 0.25) is 0 Å². The van der Waals surface area contributed by atoms with Gasteiger partial charge in [-0.25, -0.2) is 0 Å². The molecule has 0 radical (unpaired) electrons. The van der Waals surface area contributed by atoms with Crippen LogP contribution in [0.3, 0.4) is 0 Å². The van der Waals surface area contributed by atoms with Crippen molar-refractivity contribution in [1.29, 1.82) is 0 Å². The zero-order valence-corrected chi connectivity index (χ0v) is 24.1. The lowest BCUT2D eigenvalue weighted by molar-refractivity contribution is 0.136. The first-order valence-electron chi connectivity index (χ1n) is 14.8. The van der Waals surface area contributed by atoms with Crippen molar-refractivity contribution in [3.05, 3.63) is 106 Å². The summed E-state index contributed by atoms with van der Waals surface area (Å²) in [6, 6.07) is 32.8. The third kappa shape index (κ3) is 4.19. The molecule has 192 valence electrons. The van der Waals surface area contributed by atoms with Crippen LogP contribution >= 0.6 is 15.9 Å². The molecule has 0 heterocycles. The fourth-order valence-corrected chi connectivity index (χ4v) is 8.16. The molecule has 3 fully saturated rings. The van der Waals surface area contributed by atoms with Crippen LogP contribution in [0.15, 0.2) is 89.4 Å². The maximum absolute atomic E-state index is 3.71. The van der Waals surface area contributed by atoms with Crippen LogP contribution in [0.5, 0.6) is 0 Å². The maximum Gasteiger partial charge on any atom is 0.0178 e. The number of hydrogen-bond donors (Lipinski definition) is 0. The van der Waals surface area contributed by atoms with Gasteiger partial charge in [-0.15, -0.1) is 0 Å². The Morgan fingerprint density at radius 2 is 1.18 bits per heavy atom. The first-order chi connectivity index (χ1) is 18.6. The number of rotatable bonds is 6. The maximum atomic E-state index is 3.71. The zero-order chi connectivity index (χ0) is 25.7. The molecular formula is C37H37Br. The van der Waals surface area contributed by atoms with E-state index >= 15 is 0 Å². The minimum Gasteiger partial charge on any atom is -0.0654 e. The number of fused-ring (bicyclic) bond motifs is 6. The lowest BCUT2D eigenvalue weighted by Crippen LogP contribution is -2.37. The molecule has 0 amide bonds. The first kappa shape index (κ1) is 24.4. The van der Waals surface area contributed by atoms with Gasteiger partial charge in [0.15, 0.2) is 0 Å². The smallest absolute Gasteiger partial charge is 0.0178 e. The van der Waals surface area contributed by atoms with Crippen molar-refractivity contribution >= 4 is 15.9 Å². The molecule has 4 aromatic carbocycles. The Balaban J connectivity index is 1.15. The van der Waals surface area contributed by atoms with Gasteiger partial charge in [-0.3, -0.25) is 0 Å². The summed E-state index contributed by atoms with van der Waals surface area (Å²) in [6.07, 6.45) is 12.2. The van der Waals surface area contributed by atoms with Gasteiger partial charge >= 0.3 is 0 Å². The van der Waals surface area contributed by atoms with E-state index in [0.29, 0.717) is 11.3 Å². The molecule has 4 aromatic rings. The average Bonchev–Trinajstić information content (AvgIpc) is 3.29. The molecule has 0 spiro atoms. The largest absolute Gasteiger partial charge is 0.0654 e. The highest BCUT2D eigenvalue weighted by Crippen LogP contribution is 2.52. The molecule has 0 aliphatic heterocycles. The summed E-state index contributed by atoms with van der Waals surface area (Å²) in [5.41, 5.74) is 13.1. The van der Waals surface area contributed by atoms with E-state index in [0.717, 1.165) is 5.92 Å². The molecule has 4 aliphatic rings. The highest BCUT2D eigenvalue weighted by molar-refractivity contribution is 9.10. The molecule has 0 nitrogen and oxygen atoms in total. The Bertz CT molecular complexity index is 1440. The normalized spacial score (nSPS) is 23.3. The topological polar surface area (TPSA) is 0 Å². The van der Waals surface area contributed by atoms with Crippen molar-refractivity contribution in [1.82, 2.24) is 0 Å². The number of unbranched alkanes of at least 4 members (excludes halogenated alkanes) is 1. The number of benzene rings is 4. The van der Waals surface area contributed by atoms with E-state index in [1.165, 1.54) is 107 Å². The van der Waals surface area contributed by atoms with E-state index < -0.39 is 0 Å². The van der Waals surface area contributed by atoms with Crippen LogP contribution in [0.1, 0.15) is 87.3 Å². The van der Waals surface area contributed by atoms with Crippen molar-refractivity contribution in [3.63, 3.8) is 0 Å². The number of hydrogen-bond acceptors (Lipinski definition) is 0. The Labute approximate surface area is 236 Å². The van der Waals surface area contributed by atoms with Gasteiger partial charge in [0.1, 0.15) is 0 Å². The van der Waals surface area contributed by atoms with E-state index in [9.17, 15) is 0 Å². The van der Waals surface area contributed by atoms with Gasteiger partial charge in [-0.05, 0) is 125 Å². The third-order valence-corrected chi connectivity index (χ3v) is 10.6. The lowest BCUT2D eigenvalue weighted by atomic mass is 9.58. The van der Waals surface area contributed by atoms with Crippen LogP contribution in [0.2, 0.25) is 0 Å². The summed E-state index contributed by atoms with van der Waals surface area (Å²) in [4.78, 5) is 0. The van der Waals surface area contributed by atoms with Gasteiger partial charge in [-0.1, -0.05) is 102 Å². The SMILES string of the molecule is CCCCC1c2cc(Br)ccc2-c2ccc(-c3ccc(-c4ccc(C56CCC(CC5)CC6)cc4)cc3)cc21. The van der Waals surface area contributed by atoms with Crippen molar-refractivity contribution in [2.75, 3.05) is 0 Å². The Kier molecular flexibility index (Phi) is 6.31. The molecule has 3 saturated carbocycles. The molecule has 1 unspecified atom stereocenters. The molecule has 8 rings (SSSR count). The summed E-state index contributed by atoms with van der Waals surface area (Å²) in [5, 5.41) is 0. The van der Waals surface area contributed by atoms with Gasteiger partial charge in [0.25, 0.3) is 0 Å². The quantitative estimate of drug-likeness (QED) is 0.220. The van der Waals surface area contributed by atoms with E-state index in [1.807, 2.05) is 0 Å². The van der Waals surface area contributed by atoms with Gasteiger partial charge in [-0.2, -0.15) is 0 Å². The molecule has 1 atom stereocenters. The standard InChI is InChI=1S/C37H37Br/c1-2-3-4-32-35-23-29(11-15-33(35)34-16-14-31(38)24-36(32)34)28-7-5-26(6-8-28)27-9-12-30(13-10-27)37-20-17-25(18-21-37)19-22-37/h5-16,23-25,32H,2-4,17-22H2,1H3. The van der Waals surface area contributed by atoms with Gasteiger partial charge < -0.3 is 0 Å². The van der Waals surface area contributed by atoms with Crippen LogP contribution < -0.4 is 0 Å². The highest BCUT2D eigenvalue weighted by Gasteiger charge is 2.41. The summed E-state index contributed by atoms with van der Waals surface area (Å²) in [6.45, 7) is 2.29. The van der Waals surface area contributed by atoms with E-state index in [4.69, 9.17) is 0 Å². The second-order valence-electron chi connectivity index (χ2n) is 12.1. The van der Waals surface area contributed by atoms with E-state index in [-0.39, 0.29) is 0 Å². The Morgan fingerprint density at radius 1 is 0.658 bits per heavy atom. The Hall–Kier alpha value is -2.64. The van der Waals surface area contributed by atoms with Crippen molar-refractivity contribution in [2.45, 2.75) is 76.0 Å². The van der Waals surface area contributed by atoms with Crippen molar-refractivity contribution in [3.8, 4) is 33.4 Å². The Morgan fingerprint density at radius 3 is 1.82 bits per heavy atom. The second-order valence-corrected chi connectivity index (χ2v) is 13.1. The predicted molar refractivity (Wildman–Crippen MR) is 165 cm³/mol. The molecule has 4 aliphatic carbocycles. The predicted octanol–water partition coefficient (Wildman–Crippen LogP) is 11.3. The fraction of sp³-hybridized carbons (Fsp3) is 0.351. The number of halogens is 1.